The van der Waals surface area contributed by atoms with E-state index in [0.29, 0.717) is 25.4 Å². The Bertz CT molecular complexity index is 815. The summed E-state index contributed by atoms with van der Waals surface area (Å²) >= 11 is 0. The standard InChI is InChI=1S/C21H29N5O2/c1-15(2)6-7-20(28)26-10-9-25-14-18(24-21(25)16(26)3)11-19(27)23-13-17-5-4-8-22-12-17/h4-5,8,12,14-16H,6-7,9-11,13H2,1-3H3,(H,23,27)/t16-/m0/s1. The van der Waals surface area contributed by atoms with Crippen molar-refractivity contribution < 1.29 is 9.59 Å². The van der Waals surface area contributed by atoms with Crippen molar-refractivity contribution >= 4 is 11.8 Å². The van der Waals surface area contributed by atoms with Crippen LogP contribution in [0, 0.1) is 5.92 Å². The summed E-state index contributed by atoms with van der Waals surface area (Å²) in [5.74, 6) is 1.49. The van der Waals surface area contributed by atoms with Crippen molar-refractivity contribution in [2.45, 2.75) is 59.2 Å². The fourth-order valence-electron chi connectivity index (χ4n) is 3.46. The highest BCUT2D eigenvalue weighted by molar-refractivity contribution is 5.78. The largest absolute Gasteiger partial charge is 0.352 e. The highest BCUT2D eigenvalue weighted by atomic mass is 16.2. The molecule has 3 heterocycles. The topological polar surface area (TPSA) is 80.1 Å². The normalized spacial score (nSPS) is 16.1. The maximum Gasteiger partial charge on any atom is 0.226 e. The molecule has 1 N–H and O–H groups in total. The van der Waals surface area contributed by atoms with Gasteiger partial charge in [-0.3, -0.25) is 14.6 Å². The number of fused-ring (bicyclic) bond motifs is 1. The average Bonchev–Trinajstić information content (AvgIpc) is 3.09. The number of pyridine rings is 1. The summed E-state index contributed by atoms with van der Waals surface area (Å²) in [6, 6.07) is 3.70. The lowest BCUT2D eigenvalue weighted by Gasteiger charge is -2.34. The number of nitrogens with one attached hydrogen (secondary N) is 1. The lowest BCUT2D eigenvalue weighted by molar-refractivity contribution is -0.134. The highest BCUT2D eigenvalue weighted by Crippen LogP contribution is 2.26. The van der Waals surface area contributed by atoms with Crippen LogP contribution in [-0.4, -0.2) is 37.8 Å². The molecule has 3 rings (SSSR count). The molecular weight excluding hydrogens is 354 g/mol. The molecule has 0 unspecified atom stereocenters. The Kier molecular flexibility index (Phi) is 6.44. The van der Waals surface area contributed by atoms with E-state index in [-0.39, 0.29) is 24.3 Å². The van der Waals surface area contributed by atoms with E-state index in [1.54, 1.807) is 12.4 Å². The van der Waals surface area contributed by atoms with Crippen molar-refractivity contribution in [2.75, 3.05) is 6.54 Å². The summed E-state index contributed by atoms with van der Waals surface area (Å²) in [6.07, 6.45) is 7.09. The lowest BCUT2D eigenvalue weighted by atomic mass is 10.1. The molecule has 2 aromatic rings. The molecule has 2 aromatic heterocycles. The van der Waals surface area contributed by atoms with Gasteiger partial charge >= 0.3 is 0 Å². The van der Waals surface area contributed by atoms with Gasteiger partial charge in [0.25, 0.3) is 0 Å². The zero-order valence-corrected chi connectivity index (χ0v) is 16.9. The molecule has 0 bridgehead atoms. The first-order chi connectivity index (χ1) is 13.4. The zero-order valence-electron chi connectivity index (χ0n) is 16.9. The minimum absolute atomic E-state index is 0.0689. The van der Waals surface area contributed by atoms with Crippen LogP contribution < -0.4 is 5.32 Å². The predicted octanol–water partition coefficient (Wildman–Crippen LogP) is 2.48. The van der Waals surface area contributed by atoms with Gasteiger partial charge in [-0.1, -0.05) is 19.9 Å². The van der Waals surface area contributed by atoms with Crippen molar-refractivity contribution in [1.82, 2.24) is 24.8 Å². The van der Waals surface area contributed by atoms with Crippen molar-refractivity contribution in [2.24, 2.45) is 5.92 Å². The van der Waals surface area contributed by atoms with Crippen molar-refractivity contribution in [3.8, 4) is 0 Å². The van der Waals surface area contributed by atoms with E-state index in [1.807, 2.05) is 30.2 Å². The molecule has 0 fully saturated rings. The third kappa shape index (κ3) is 4.97. The van der Waals surface area contributed by atoms with E-state index in [4.69, 9.17) is 0 Å². The number of amides is 2. The van der Waals surface area contributed by atoms with Crippen molar-refractivity contribution in [3.05, 3.63) is 47.8 Å². The molecule has 0 aromatic carbocycles. The van der Waals surface area contributed by atoms with E-state index in [9.17, 15) is 9.59 Å². The first-order valence-corrected chi connectivity index (χ1v) is 9.95. The average molecular weight is 383 g/mol. The van der Waals surface area contributed by atoms with Gasteiger partial charge < -0.3 is 14.8 Å². The molecule has 1 atom stereocenters. The fourth-order valence-corrected chi connectivity index (χ4v) is 3.46. The monoisotopic (exact) mass is 383 g/mol. The molecule has 150 valence electrons. The molecule has 0 radical (unpaired) electrons. The molecule has 0 spiro atoms. The van der Waals surface area contributed by atoms with E-state index in [1.165, 1.54) is 0 Å². The summed E-state index contributed by atoms with van der Waals surface area (Å²) < 4.78 is 2.07. The minimum atomic E-state index is -0.0724. The molecule has 2 amide bonds. The Labute approximate surface area is 166 Å². The number of hydrogen-bond donors (Lipinski definition) is 1. The second-order valence-electron chi connectivity index (χ2n) is 7.79. The van der Waals surface area contributed by atoms with E-state index >= 15 is 0 Å². The van der Waals surface area contributed by atoms with Crippen LogP contribution in [0.4, 0.5) is 0 Å². The molecule has 7 nitrogen and oxygen atoms in total. The molecule has 28 heavy (non-hydrogen) atoms. The molecule has 1 aliphatic rings. The van der Waals surface area contributed by atoms with E-state index in [0.717, 1.165) is 30.0 Å². The lowest BCUT2D eigenvalue weighted by Crippen LogP contribution is -2.41. The van der Waals surface area contributed by atoms with Gasteiger partial charge in [-0.15, -0.1) is 0 Å². The van der Waals surface area contributed by atoms with Gasteiger partial charge in [-0.25, -0.2) is 4.98 Å². The molecule has 0 aliphatic carbocycles. The first-order valence-electron chi connectivity index (χ1n) is 9.95. The van der Waals surface area contributed by atoms with Crippen LogP contribution in [-0.2, 0) is 29.1 Å². The van der Waals surface area contributed by atoms with Gasteiger partial charge in [-0.05, 0) is 30.9 Å². The Morgan fingerprint density at radius 1 is 1.32 bits per heavy atom. The van der Waals surface area contributed by atoms with Gasteiger partial charge in [0.1, 0.15) is 5.82 Å². The quantitative estimate of drug-likeness (QED) is 0.796. The highest BCUT2D eigenvalue weighted by Gasteiger charge is 2.29. The number of carbonyl (C=O) groups is 2. The zero-order chi connectivity index (χ0) is 20.1. The minimum Gasteiger partial charge on any atom is -0.352 e. The molecule has 7 heteroatoms. The Hall–Kier alpha value is -2.70. The number of hydrogen-bond acceptors (Lipinski definition) is 4. The van der Waals surface area contributed by atoms with Gasteiger partial charge in [0.05, 0.1) is 18.2 Å². The third-order valence-electron chi connectivity index (χ3n) is 5.09. The number of rotatable bonds is 7. The summed E-state index contributed by atoms with van der Waals surface area (Å²) in [6.45, 7) is 8.13. The molecule has 0 saturated heterocycles. The van der Waals surface area contributed by atoms with Crippen LogP contribution in [0.1, 0.15) is 56.7 Å². The summed E-state index contributed by atoms with van der Waals surface area (Å²) in [7, 11) is 0. The van der Waals surface area contributed by atoms with Gasteiger partial charge in [-0.2, -0.15) is 0 Å². The summed E-state index contributed by atoms with van der Waals surface area (Å²) in [5.41, 5.74) is 1.70. The number of carbonyl (C=O) groups excluding carboxylic acids is 2. The molecule has 1 aliphatic heterocycles. The van der Waals surface area contributed by atoms with Crippen molar-refractivity contribution in [3.63, 3.8) is 0 Å². The van der Waals surface area contributed by atoms with Crippen LogP contribution in [0.25, 0.3) is 0 Å². The molecular formula is C21H29N5O2. The molecule has 0 saturated carbocycles. The third-order valence-corrected chi connectivity index (χ3v) is 5.09. The van der Waals surface area contributed by atoms with Gasteiger partial charge in [0.15, 0.2) is 0 Å². The van der Waals surface area contributed by atoms with Gasteiger partial charge in [0, 0.05) is 44.6 Å². The Morgan fingerprint density at radius 3 is 2.86 bits per heavy atom. The number of imidazole rings is 1. The van der Waals surface area contributed by atoms with Crippen LogP contribution >= 0.6 is 0 Å². The Morgan fingerprint density at radius 2 is 2.14 bits per heavy atom. The first kappa shape index (κ1) is 20.0. The van der Waals surface area contributed by atoms with Crippen LogP contribution in [0.5, 0.6) is 0 Å². The predicted molar refractivity (Wildman–Crippen MR) is 106 cm³/mol. The van der Waals surface area contributed by atoms with Crippen LogP contribution in [0.2, 0.25) is 0 Å². The van der Waals surface area contributed by atoms with Crippen LogP contribution in [0.3, 0.4) is 0 Å². The maximum atomic E-state index is 12.5. The smallest absolute Gasteiger partial charge is 0.226 e. The second-order valence-corrected chi connectivity index (χ2v) is 7.79. The van der Waals surface area contributed by atoms with Gasteiger partial charge in [0.2, 0.25) is 11.8 Å². The maximum absolute atomic E-state index is 12.5. The van der Waals surface area contributed by atoms with Crippen molar-refractivity contribution in [1.29, 1.82) is 0 Å². The number of aromatic nitrogens is 3. The second kappa shape index (κ2) is 8.99. The summed E-state index contributed by atoms with van der Waals surface area (Å²) in [4.78, 5) is 35.4. The Balaban J connectivity index is 1.58. The SMILES string of the molecule is CC(C)CCC(=O)N1CCn2cc(CC(=O)NCc3cccnc3)nc2[C@@H]1C. The van der Waals surface area contributed by atoms with E-state index in [2.05, 4.69) is 33.7 Å². The van der Waals surface area contributed by atoms with E-state index < -0.39 is 0 Å². The fraction of sp³-hybridized carbons (Fsp3) is 0.524. The summed E-state index contributed by atoms with van der Waals surface area (Å²) in [5, 5.41) is 2.90. The van der Waals surface area contributed by atoms with Crippen LogP contribution in [0.15, 0.2) is 30.7 Å². The number of nitrogens with zero attached hydrogens (tertiary/aromatic N) is 4.